The van der Waals surface area contributed by atoms with Crippen LogP contribution in [0.3, 0.4) is 0 Å². The molecule has 4 heteroatoms. The molecular weight excluding hydrogens is 338 g/mol. The second kappa shape index (κ2) is 9.43. The normalized spacial score (nSPS) is 10.3. The van der Waals surface area contributed by atoms with Gasteiger partial charge in [0.15, 0.2) is 0 Å². The van der Waals surface area contributed by atoms with E-state index in [0.717, 1.165) is 29.0 Å². The van der Waals surface area contributed by atoms with Gasteiger partial charge in [-0.25, -0.2) is 0 Å². The maximum Gasteiger partial charge on any atom is 0.251 e. The molecule has 0 saturated carbocycles. The zero-order valence-corrected chi connectivity index (χ0v) is 15.4. The molecule has 0 atom stereocenters. The summed E-state index contributed by atoms with van der Waals surface area (Å²) >= 11 is 0. The molecule has 0 saturated heterocycles. The monoisotopic (exact) mass is 361 g/mol. The van der Waals surface area contributed by atoms with Crippen molar-refractivity contribution in [2.45, 2.75) is 13.0 Å². The highest BCUT2D eigenvalue weighted by atomic mass is 16.5. The first-order valence-corrected chi connectivity index (χ1v) is 8.93. The van der Waals surface area contributed by atoms with Gasteiger partial charge in [0.1, 0.15) is 18.1 Å². The first-order valence-electron chi connectivity index (χ1n) is 8.93. The summed E-state index contributed by atoms with van der Waals surface area (Å²) in [6.07, 6.45) is 0.762. The van der Waals surface area contributed by atoms with Crippen LogP contribution in [0.5, 0.6) is 11.5 Å². The third-order valence-electron chi connectivity index (χ3n) is 4.26. The van der Waals surface area contributed by atoms with Crippen molar-refractivity contribution in [3.8, 4) is 11.5 Å². The quantitative estimate of drug-likeness (QED) is 0.653. The lowest BCUT2D eigenvalue weighted by Gasteiger charge is -2.12. The van der Waals surface area contributed by atoms with Crippen LogP contribution < -0.4 is 14.8 Å². The van der Waals surface area contributed by atoms with E-state index in [-0.39, 0.29) is 5.91 Å². The Kier molecular flexibility index (Phi) is 6.47. The number of ether oxygens (including phenoxy) is 2. The van der Waals surface area contributed by atoms with E-state index in [4.69, 9.17) is 9.47 Å². The number of amides is 1. The van der Waals surface area contributed by atoms with Crippen LogP contribution >= 0.6 is 0 Å². The Morgan fingerprint density at radius 1 is 0.852 bits per heavy atom. The lowest BCUT2D eigenvalue weighted by atomic mass is 10.1. The van der Waals surface area contributed by atoms with Gasteiger partial charge in [-0.15, -0.1) is 0 Å². The fraction of sp³-hybridized carbons (Fsp3) is 0.174. The fourth-order valence-electron chi connectivity index (χ4n) is 2.75. The summed E-state index contributed by atoms with van der Waals surface area (Å²) in [5, 5.41) is 2.99. The van der Waals surface area contributed by atoms with Crippen molar-refractivity contribution in [1.29, 1.82) is 0 Å². The molecule has 0 radical (unpaired) electrons. The molecule has 0 fully saturated rings. The molecule has 0 unspecified atom stereocenters. The van der Waals surface area contributed by atoms with Crippen molar-refractivity contribution >= 4 is 5.91 Å². The molecule has 0 spiro atoms. The average Bonchev–Trinajstić information content (AvgIpc) is 2.73. The van der Waals surface area contributed by atoms with Gasteiger partial charge in [-0.2, -0.15) is 0 Å². The number of carbonyl (C=O) groups excluding carboxylic acids is 1. The molecule has 27 heavy (non-hydrogen) atoms. The fourth-order valence-corrected chi connectivity index (χ4v) is 2.75. The average molecular weight is 361 g/mol. The highest BCUT2D eigenvalue weighted by molar-refractivity contribution is 5.95. The predicted octanol–water partition coefficient (Wildman–Crippen LogP) is 4.25. The molecule has 1 N–H and O–H groups in total. The van der Waals surface area contributed by atoms with Crippen molar-refractivity contribution < 1.29 is 14.3 Å². The largest absolute Gasteiger partial charge is 0.497 e. The Balaban J connectivity index is 1.56. The third kappa shape index (κ3) is 5.35. The van der Waals surface area contributed by atoms with Gasteiger partial charge in [-0.1, -0.05) is 48.5 Å². The number of nitrogens with one attached hydrogen (secondary N) is 1. The van der Waals surface area contributed by atoms with Crippen LogP contribution in [0.4, 0.5) is 0 Å². The number of benzene rings is 3. The Labute approximate surface area is 159 Å². The van der Waals surface area contributed by atoms with Crippen molar-refractivity contribution in [2.75, 3.05) is 13.7 Å². The van der Waals surface area contributed by atoms with Crippen LogP contribution in [-0.2, 0) is 13.0 Å². The number of carbonyl (C=O) groups is 1. The maximum absolute atomic E-state index is 12.6. The molecule has 3 aromatic rings. The van der Waals surface area contributed by atoms with E-state index in [1.165, 1.54) is 0 Å². The molecule has 1 amide bonds. The van der Waals surface area contributed by atoms with Gasteiger partial charge < -0.3 is 14.8 Å². The number of para-hydroxylation sites is 1. The number of rotatable bonds is 8. The van der Waals surface area contributed by atoms with Crippen molar-refractivity contribution in [1.82, 2.24) is 5.32 Å². The van der Waals surface area contributed by atoms with Gasteiger partial charge in [-0.3, -0.25) is 4.79 Å². The van der Waals surface area contributed by atoms with Crippen LogP contribution in [0, 0.1) is 0 Å². The summed E-state index contributed by atoms with van der Waals surface area (Å²) in [5.41, 5.74) is 2.66. The standard InChI is InChI=1S/C23H23NO3/c1-26-20-13-11-18(12-14-20)15-16-24-23(25)22-10-6-5-7-19(22)17-27-21-8-3-2-4-9-21/h2-14H,15-17H2,1H3,(H,24,25). The van der Waals surface area contributed by atoms with E-state index in [1.807, 2.05) is 78.9 Å². The first-order chi connectivity index (χ1) is 13.3. The van der Waals surface area contributed by atoms with Gasteiger partial charge in [0.05, 0.1) is 7.11 Å². The van der Waals surface area contributed by atoms with Gasteiger partial charge in [0.2, 0.25) is 0 Å². The molecular formula is C23H23NO3. The summed E-state index contributed by atoms with van der Waals surface area (Å²) in [6.45, 7) is 0.922. The maximum atomic E-state index is 12.6. The molecule has 0 bridgehead atoms. The highest BCUT2D eigenvalue weighted by Gasteiger charge is 2.11. The van der Waals surface area contributed by atoms with E-state index in [1.54, 1.807) is 7.11 Å². The van der Waals surface area contributed by atoms with E-state index < -0.39 is 0 Å². The Hall–Kier alpha value is -3.27. The Morgan fingerprint density at radius 3 is 2.30 bits per heavy atom. The molecule has 3 rings (SSSR count). The second-order valence-corrected chi connectivity index (χ2v) is 6.11. The number of methoxy groups -OCH3 is 1. The number of hydrogen-bond acceptors (Lipinski definition) is 3. The summed E-state index contributed by atoms with van der Waals surface area (Å²) in [5.74, 6) is 1.53. The highest BCUT2D eigenvalue weighted by Crippen LogP contribution is 2.15. The lowest BCUT2D eigenvalue weighted by Crippen LogP contribution is -2.26. The summed E-state index contributed by atoms with van der Waals surface area (Å²) in [7, 11) is 1.65. The minimum absolute atomic E-state index is 0.0872. The minimum Gasteiger partial charge on any atom is -0.497 e. The molecule has 0 aliphatic rings. The van der Waals surface area contributed by atoms with E-state index in [0.29, 0.717) is 18.7 Å². The van der Waals surface area contributed by atoms with Gasteiger partial charge in [0.25, 0.3) is 5.91 Å². The van der Waals surface area contributed by atoms with Crippen LogP contribution in [-0.4, -0.2) is 19.6 Å². The Bertz CT molecular complexity index is 860. The Morgan fingerprint density at radius 2 is 1.56 bits per heavy atom. The molecule has 138 valence electrons. The van der Waals surface area contributed by atoms with E-state index in [9.17, 15) is 4.79 Å². The van der Waals surface area contributed by atoms with Gasteiger partial charge in [0, 0.05) is 17.7 Å². The molecule has 0 heterocycles. The summed E-state index contributed by atoms with van der Waals surface area (Å²) in [4.78, 5) is 12.6. The van der Waals surface area contributed by atoms with Crippen LogP contribution in [0.2, 0.25) is 0 Å². The van der Waals surface area contributed by atoms with Gasteiger partial charge in [-0.05, 0) is 42.3 Å². The van der Waals surface area contributed by atoms with E-state index in [2.05, 4.69) is 5.32 Å². The SMILES string of the molecule is COc1ccc(CCNC(=O)c2ccccc2COc2ccccc2)cc1. The first kappa shape index (κ1) is 18.5. The van der Waals surface area contributed by atoms with Gasteiger partial charge >= 0.3 is 0 Å². The molecule has 3 aromatic carbocycles. The van der Waals surface area contributed by atoms with Crippen LogP contribution in [0.1, 0.15) is 21.5 Å². The van der Waals surface area contributed by atoms with E-state index >= 15 is 0 Å². The minimum atomic E-state index is -0.0872. The van der Waals surface area contributed by atoms with Crippen LogP contribution in [0.25, 0.3) is 0 Å². The zero-order valence-electron chi connectivity index (χ0n) is 15.4. The second-order valence-electron chi connectivity index (χ2n) is 6.11. The smallest absolute Gasteiger partial charge is 0.251 e. The third-order valence-corrected chi connectivity index (χ3v) is 4.26. The lowest BCUT2D eigenvalue weighted by molar-refractivity contribution is 0.0951. The topological polar surface area (TPSA) is 47.6 Å². The van der Waals surface area contributed by atoms with Crippen LogP contribution in [0.15, 0.2) is 78.9 Å². The summed E-state index contributed by atoms with van der Waals surface area (Å²) < 4.78 is 10.9. The number of hydrogen-bond donors (Lipinski definition) is 1. The van der Waals surface area contributed by atoms with Crippen molar-refractivity contribution in [3.63, 3.8) is 0 Å². The zero-order chi connectivity index (χ0) is 18.9. The molecule has 4 nitrogen and oxygen atoms in total. The van der Waals surface area contributed by atoms with Crippen molar-refractivity contribution in [2.24, 2.45) is 0 Å². The molecule has 0 aliphatic carbocycles. The molecule has 0 aliphatic heterocycles. The van der Waals surface area contributed by atoms with Crippen molar-refractivity contribution in [3.05, 3.63) is 95.6 Å². The predicted molar refractivity (Wildman–Crippen MR) is 106 cm³/mol. The summed E-state index contributed by atoms with van der Waals surface area (Å²) in [6, 6.07) is 25.0. The molecule has 0 aromatic heterocycles.